The number of hydrogen-bond donors (Lipinski definition) is 1. The van der Waals surface area contributed by atoms with Gasteiger partial charge in [-0.25, -0.2) is 9.97 Å². The van der Waals surface area contributed by atoms with Crippen LogP contribution in [0.2, 0.25) is 0 Å². The van der Waals surface area contributed by atoms with Crippen LogP contribution in [0.15, 0.2) is 30.7 Å². The number of alkyl halides is 3. The SMILES string of the molecule is Cc1cc(C(F)(F)F)cc(N2CCC3(CC2)CC(O)CN(c2cnccn2)C3)n1. The smallest absolute Gasteiger partial charge is 0.391 e. The maximum absolute atomic E-state index is 13.2. The lowest BCUT2D eigenvalue weighted by atomic mass is 9.71. The van der Waals surface area contributed by atoms with Crippen LogP contribution in [0.3, 0.4) is 0 Å². The summed E-state index contributed by atoms with van der Waals surface area (Å²) in [5.41, 5.74) is -0.401. The summed E-state index contributed by atoms with van der Waals surface area (Å²) in [6.07, 6.45) is 2.32. The van der Waals surface area contributed by atoms with Gasteiger partial charge in [-0.05, 0) is 43.7 Å². The number of aromatic nitrogens is 3. The van der Waals surface area contributed by atoms with Crippen molar-refractivity contribution in [3.63, 3.8) is 0 Å². The van der Waals surface area contributed by atoms with Crippen molar-refractivity contribution in [2.45, 2.75) is 38.5 Å². The van der Waals surface area contributed by atoms with Crippen LogP contribution in [-0.4, -0.2) is 52.3 Å². The van der Waals surface area contributed by atoms with E-state index in [2.05, 4.69) is 19.9 Å². The van der Waals surface area contributed by atoms with E-state index in [1.54, 1.807) is 25.5 Å². The van der Waals surface area contributed by atoms with Gasteiger partial charge in [-0.1, -0.05) is 0 Å². The summed E-state index contributed by atoms with van der Waals surface area (Å²) >= 11 is 0. The van der Waals surface area contributed by atoms with Crippen molar-refractivity contribution in [1.82, 2.24) is 15.0 Å². The molecule has 0 aromatic carbocycles. The van der Waals surface area contributed by atoms with E-state index in [1.807, 2.05) is 4.90 Å². The van der Waals surface area contributed by atoms with E-state index >= 15 is 0 Å². The number of aliphatic hydroxyl groups is 1. The topological polar surface area (TPSA) is 65.4 Å². The van der Waals surface area contributed by atoms with E-state index in [0.29, 0.717) is 37.6 Å². The molecule has 2 aliphatic rings. The fourth-order valence-electron chi connectivity index (χ4n) is 4.53. The Bertz CT molecular complexity index is 853. The van der Waals surface area contributed by atoms with Crippen LogP contribution >= 0.6 is 0 Å². The third kappa shape index (κ3) is 4.29. The molecule has 9 heteroatoms. The van der Waals surface area contributed by atoms with Gasteiger partial charge in [0.2, 0.25) is 0 Å². The molecule has 0 amide bonds. The summed E-state index contributed by atoms with van der Waals surface area (Å²) in [5, 5.41) is 10.5. The fraction of sp³-hybridized carbons (Fsp3) is 0.550. The van der Waals surface area contributed by atoms with Gasteiger partial charge < -0.3 is 14.9 Å². The highest BCUT2D eigenvalue weighted by atomic mass is 19.4. The standard InChI is InChI=1S/C20H24F3N5O/c1-14-8-15(20(21,22)23)9-17(26-14)27-6-2-19(3-7-27)10-16(29)12-28(13-19)18-11-24-4-5-25-18/h4-5,8-9,11,16,29H,2-3,6-7,10,12-13H2,1H3. The number of pyridine rings is 1. The van der Waals surface area contributed by atoms with Crippen LogP contribution in [0.1, 0.15) is 30.5 Å². The van der Waals surface area contributed by atoms with E-state index in [-0.39, 0.29) is 5.41 Å². The highest BCUT2D eigenvalue weighted by molar-refractivity contribution is 5.44. The molecule has 0 bridgehead atoms. The van der Waals surface area contributed by atoms with Gasteiger partial charge in [0.1, 0.15) is 11.6 Å². The summed E-state index contributed by atoms with van der Waals surface area (Å²) in [6.45, 7) is 4.06. The first-order valence-corrected chi connectivity index (χ1v) is 9.74. The normalized spacial score (nSPS) is 22.2. The Morgan fingerprint density at radius 3 is 2.52 bits per heavy atom. The number of hydrogen-bond acceptors (Lipinski definition) is 6. The molecule has 0 saturated carbocycles. The summed E-state index contributed by atoms with van der Waals surface area (Å²) in [7, 11) is 0. The second-order valence-corrected chi connectivity index (χ2v) is 8.14. The number of halogens is 3. The highest BCUT2D eigenvalue weighted by Crippen LogP contribution is 2.42. The molecule has 4 rings (SSSR count). The number of aliphatic hydroxyl groups excluding tert-OH is 1. The zero-order valence-corrected chi connectivity index (χ0v) is 16.2. The van der Waals surface area contributed by atoms with E-state index in [0.717, 1.165) is 37.3 Å². The number of piperidine rings is 2. The number of rotatable bonds is 2. The minimum absolute atomic E-state index is 0.0949. The van der Waals surface area contributed by atoms with Crippen LogP contribution in [0, 0.1) is 12.3 Å². The van der Waals surface area contributed by atoms with Crippen LogP contribution in [0.25, 0.3) is 0 Å². The van der Waals surface area contributed by atoms with Gasteiger partial charge in [0.15, 0.2) is 0 Å². The van der Waals surface area contributed by atoms with Gasteiger partial charge >= 0.3 is 6.18 Å². The average Bonchev–Trinajstić information content (AvgIpc) is 2.67. The molecule has 2 saturated heterocycles. The second kappa shape index (κ2) is 7.44. The lowest BCUT2D eigenvalue weighted by molar-refractivity contribution is -0.137. The number of β-amino-alcohol motifs (C(OH)–C–C–N with tert-alkyl or cyclic N) is 1. The number of aryl methyl sites for hydroxylation is 1. The molecule has 4 heterocycles. The Hall–Kier alpha value is -2.42. The second-order valence-electron chi connectivity index (χ2n) is 8.14. The van der Waals surface area contributed by atoms with Crippen molar-refractivity contribution in [3.05, 3.63) is 42.0 Å². The molecule has 156 valence electrons. The summed E-state index contributed by atoms with van der Waals surface area (Å²) in [4.78, 5) is 16.8. The Morgan fingerprint density at radius 2 is 1.86 bits per heavy atom. The van der Waals surface area contributed by atoms with Gasteiger partial charge in [-0.15, -0.1) is 0 Å². The summed E-state index contributed by atoms with van der Waals surface area (Å²) in [6, 6.07) is 2.21. The molecule has 2 aromatic rings. The first-order chi connectivity index (χ1) is 13.7. The lowest BCUT2D eigenvalue weighted by Crippen LogP contribution is -2.54. The third-order valence-electron chi connectivity index (χ3n) is 5.91. The zero-order valence-electron chi connectivity index (χ0n) is 16.2. The Labute approximate surface area is 167 Å². The van der Waals surface area contributed by atoms with Gasteiger partial charge in [-0.2, -0.15) is 13.2 Å². The fourth-order valence-corrected chi connectivity index (χ4v) is 4.53. The molecule has 0 aliphatic carbocycles. The quantitative estimate of drug-likeness (QED) is 0.826. The van der Waals surface area contributed by atoms with Crippen LogP contribution in [-0.2, 0) is 6.18 Å². The van der Waals surface area contributed by atoms with E-state index in [1.165, 1.54) is 0 Å². The van der Waals surface area contributed by atoms with Crippen LogP contribution < -0.4 is 9.80 Å². The molecule has 2 fully saturated rings. The van der Waals surface area contributed by atoms with Gasteiger partial charge in [0, 0.05) is 44.3 Å². The minimum Gasteiger partial charge on any atom is -0.391 e. The summed E-state index contributed by atoms with van der Waals surface area (Å²) in [5.74, 6) is 1.11. The van der Waals surface area contributed by atoms with E-state index in [9.17, 15) is 18.3 Å². The zero-order chi connectivity index (χ0) is 20.6. The van der Waals surface area contributed by atoms with Crippen molar-refractivity contribution in [2.24, 2.45) is 5.41 Å². The van der Waals surface area contributed by atoms with Gasteiger partial charge in [0.05, 0.1) is 17.9 Å². The maximum Gasteiger partial charge on any atom is 0.416 e. The maximum atomic E-state index is 13.2. The monoisotopic (exact) mass is 407 g/mol. The van der Waals surface area contributed by atoms with Crippen LogP contribution in [0.4, 0.5) is 24.8 Å². The van der Waals surface area contributed by atoms with Crippen LogP contribution in [0.5, 0.6) is 0 Å². The predicted octanol–water partition coefficient (Wildman–Crippen LogP) is 3.06. The van der Waals surface area contributed by atoms with Crippen molar-refractivity contribution in [1.29, 1.82) is 0 Å². The molecule has 2 aromatic heterocycles. The Balaban J connectivity index is 1.49. The Morgan fingerprint density at radius 1 is 1.10 bits per heavy atom. The molecule has 1 unspecified atom stereocenters. The van der Waals surface area contributed by atoms with Gasteiger partial charge in [-0.3, -0.25) is 4.98 Å². The predicted molar refractivity (Wildman–Crippen MR) is 103 cm³/mol. The largest absolute Gasteiger partial charge is 0.416 e. The third-order valence-corrected chi connectivity index (χ3v) is 5.91. The highest BCUT2D eigenvalue weighted by Gasteiger charge is 2.42. The first kappa shape index (κ1) is 19.9. The molecule has 1 N–H and O–H groups in total. The molecule has 1 spiro atoms. The molecule has 0 radical (unpaired) electrons. The molecule has 2 aliphatic heterocycles. The van der Waals surface area contributed by atoms with Crippen molar-refractivity contribution >= 4 is 11.6 Å². The van der Waals surface area contributed by atoms with E-state index < -0.39 is 17.8 Å². The molecule has 6 nitrogen and oxygen atoms in total. The lowest BCUT2D eigenvalue weighted by Gasteiger charge is -2.49. The van der Waals surface area contributed by atoms with Gasteiger partial charge in [0.25, 0.3) is 0 Å². The molecular weight excluding hydrogens is 383 g/mol. The number of anilines is 2. The molecular formula is C20H24F3N5O. The first-order valence-electron chi connectivity index (χ1n) is 9.74. The molecule has 1 atom stereocenters. The summed E-state index contributed by atoms with van der Waals surface area (Å²) < 4.78 is 39.5. The van der Waals surface area contributed by atoms with Crippen molar-refractivity contribution in [3.8, 4) is 0 Å². The van der Waals surface area contributed by atoms with Crippen molar-refractivity contribution in [2.75, 3.05) is 36.0 Å². The van der Waals surface area contributed by atoms with Crippen molar-refractivity contribution < 1.29 is 18.3 Å². The Kier molecular flexibility index (Phi) is 5.10. The minimum atomic E-state index is -4.38. The average molecular weight is 407 g/mol. The molecule has 29 heavy (non-hydrogen) atoms. The van der Waals surface area contributed by atoms with E-state index in [4.69, 9.17) is 0 Å². The number of nitrogens with zero attached hydrogens (tertiary/aromatic N) is 5.